The number of ether oxygens (including phenoxy) is 4. The van der Waals surface area contributed by atoms with Gasteiger partial charge in [-0.2, -0.15) is 5.26 Å². The van der Waals surface area contributed by atoms with E-state index >= 15 is 0 Å². The van der Waals surface area contributed by atoms with Gasteiger partial charge in [0, 0.05) is 35.5 Å². The lowest BCUT2D eigenvalue weighted by Gasteiger charge is -2.19. The van der Waals surface area contributed by atoms with Crippen molar-refractivity contribution >= 4 is 44.4 Å². The van der Waals surface area contributed by atoms with Crippen molar-refractivity contribution in [1.82, 2.24) is 4.98 Å². The largest absolute Gasteiger partial charge is 0.493 e. The first kappa shape index (κ1) is 26.3. The van der Waals surface area contributed by atoms with Crippen LogP contribution in [0.5, 0.6) is 17.2 Å². The molecule has 1 amide bonds. The fraction of sp³-hybridized carbons (Fsp3) is 0.222. The highest BCUT2D eigenvalue weighted by Crippen LogP contribution is 2.36. The molecule has 0 spiro atoms. The fourth-order valence-electron chi connectivity index (χ4n) is 3.48. The van der Waals surface area contributed by atoms with Gasteiger partial charge in [0.2, 0.25) is 6.10 Å². The number of carbonyl (C=O) groups excluding carboxylic acids is 1. The summed E-state index contributed by atoms with van der Waals surface area (Å²) in [4.78, 5) is 19.1. The van der Waals surface area contributed by atoms with Gasteiger partial charge in [-0.25, -0.2) is 4.98 Å². The van der Waals surface area contributed by atoms with E-state index in [0.29, 0.717) is 45.6 Å². The van der Waals surface area contributed by atoms with E-state index in [1.807, 2.05) is 30.3 Å². The van der Waals surface area contributed by atoms with Crippen molar-refractivity contribution in [2.24, 2.45) is 0 Å². The number of methoxy groups -OCH3 is 3. The zero-order valence-corrected chi connectivity index (χ0v) is 22.2. The third kappa shape index (κ3) is 6.51. The standard InChI is InChI=1S/C27H25N3O5S2/c1-32-12-13-36-20-10-6-18(7-11-20)25(35-19-8-4-17(16-28)5-9-19)26(31)30-27-29-21-14-22(33-2)23(34-3)15-24(21)37-27/h4-11,14-15,25H,12-13H2,1-3H3,(H,29,30,31). The van der Waals surface area contributed by atoms with Gasteiger partial charge in [-0.1, -0.05) is 23.5 Å². The van der Waals surface area contributed by atoms with Crippen LogP contribution in [0.4, 0.5) is 5.13 Å². The van der Waals surface area contributed by atoms with Crippen LogP contribution in [0.3, 0.4) is 0 Å². The third-order valence-corrected chi connectivity index (χ3v) is 7.25. The van der Waals surface area contributed by atoms with Gasteiger partial charge in [-0.3, -0.25) is 10.1 Å². The lowest BCUT2D eigenvalue weighted by Crippen LogP contribution is -2.25. The molecule has 0 aliphatic carbocycles. The second-order valence-corrected chi connectivity index (χ2v) is 9.93. The van der Waals surface area contributed by atoms with E-state index in [4.69, 9.17) is 24.2 Å². The molecule has 8 nitrogen and oxygen atoms in total. The Bertz CT molecular complexity index is 1360. The minimum absolute atomic E-state index is 0.373. The lowest BCUT2D eigenvalue weighted by atomic mass is 10.1. The van der Waals surface area contributed by atoms with Gasteiger partial charge in [0.1, 0.15) is 5.75 Å². The van der Waals surface area contributed by atoms with Crippen LogP contribution in [-0.2, 0) is 9.53 Å². The highest BCUT2D eigenvalue weighted by Gasteiger charge is 2.24. The molecule has 0 saturated heterocycles. The van der Waals surface area contributed by atoms with Crippen molar-refractivity contribution in [1.29, 1.82) is 5.26 Å². The Morgan fingerprint density at radius 2 is 1.76 bits per heavy atom. The van der Waals surface area contributed by atoms with E-state index in [0.717, 1.165) is 15.3 Å². The molecular formula is C27H25N3O5S2. The summed E-state index contributed by atoms with van der Waals surface area (Å²) in [5, 5.41) is 12.4. The molecule has 0 aliphatic heterocycles. The van der Waals surface area contributed by atoms with Gasteiger partial charge in [-0.15, -0.1) is 11.8 Å². The third-order valence-electron chi connectivity index (χ3n) is 5.34. The number of thioether (sulfide) groups is 1. The molecule has 0 bridgehead atoms. The topological polar surface area (TPSA) is 103 Å². The predicted octanol–water partition coefficient (Wildman–Crippen LogP) is 5.68. The normalized spacial score (nSPS) is 11.5. The number of nitrogens with zero attached hydrogens (tertiary/aromatic N) is 2. The summed E-state index contributed by atoms with van der Waals surface area (Å²) in [6.45, 7) is 0.652. The summed E-state index contributed by atoms with van der Waals surface area (Å²) in [7, 11) is 4.80. The van der Waals surface area contributed by atoms with Crippen molar-refractivity contribution in [2.75, 3.05) is 39.0 Å². The van der Waals surface area contributed by atoms with Gasteiger partial charge < -0.3 is 18.9 Å². The minimum Gasteiger partial charge on any atom is -0.493 e. The van der Waals surface area contributed by atoms with Crippen LogP contribution in [0.15, 0.2) is 65.6 Å². The van der Waals surface area contributed by atoms with Crippen LogP contribution in [-0.4, -0.2) is 44.6 Å². The Hall–Kier alpha value is -3.78. The molecule has 1 atom stereocenters. The van der Waals surface area contributed by atoms with Crippen LogP contribution in [0.25, 0.3) is 10.2 Å². The maximum atomic E-state index is 13.5. The number of hydrogen-bond donors (Lipinski definition) is 1. The van der Waals surface area contributed by atoms with Crippen LogP contribution >= 0.6 is 23.1 Å². The Kier molecular flexibility index (Phi) is 8.85. The van der Waals surface area contributed by atoms with Crippen molar-refractivity contribution in [3.8, 4) is 23.3 Å². The van der Waals surface area contributed by atoms with E-state index in [1.165, 1.54) is 11.3 Å². The first-order valence-corrected chi connectivity index (χ1v) is 13.1. The Morgan fingerprint density at radius 1 is 1.05 bits per heavy atom. The van der Waals surface area contributed by atoms with Crippen LogP contribution in [0.2, 0.25) is 0 Å². The monoisotopic (exact) mass is 535 g/mol. The Labute approximate surface area is 223 Å². The summed E-state index contributed by atoms with van der Waals surface area (Å²) in [5.74, 6) is 2.07. The number of fused-ring (bicyclic) bond motifs is 1. The molecule has 3 aromatic carbocycles. The average Bonchev–Trinajstić information content (AvgIpc) is 3.32. The Balaban J connectivity index is 1.59. The molecule has 1 unspecified atom stereocenters. The molecule has 10 heteroatoms. The quantitative estimate of drug-likeness (QED) is 0.193. The summed E-state index contributed by atoms with van der Waals surface area (Å²) in [5.41, 5.74) is 1.87. The molecule has 0 aliphatic rings. The molecule has 0 saturated carbocycles. The summed E-state index contributed by atoms with van der Waals surface area (Å²) < 4.78 is 22.8. The molecule has 4 rings (SSSR count). The number of hydrogen-bond acceptors (Lipinski definition) is 9. The number of aromatic nitrogens is 1. The number of anilines is 1. The maximum absolute atomic E-state index is 13.5. The van der Waals surface area contributed by atoms with Crippen molar-refractivity contribution in [3.05, 3.63) is 71.8 Å². The molecule has 1 N–H and O–H groups in total. The number of amides is 1. The van der Waals surface area contributed by atoms with E-state index in [-0.39, 0.29) is 5.91 Å². The average molecular weight is 536 g/mol. The molecule has 0 radical (unpaired) electrons. The van der Waals surface area contributed by atoms with Gasteiger partial charge in [0.05, 0.1) is 42.7 Å². The maximum Gasteiger partial charge on any atom is 0.271 e. The number of nitriles is 1. The number of thiazole rings is 1. The summed E-state index contributed by atoms with van der Waals surface area (Å²) in [6.07, 6.45) is -0.943. The van der Waals surface area contributed by atoms with Gasteiger partial charge in [-0.05, 0) is 36.4 Å². The zero-order valence-electron chi connectivity index (χ0n) is 20.5. The fourth-order valence-corrected chi connectivity index (χ4v) is 5.17. The predicted molar refractivity (Wildman–Crippen MR) is 145 cm³/mol. The van der Waals surface area contributed by atoms with E-state index < -0.39 is 6.10 Å². The van der Waals surface area contributed by atoms with Gasteiger partial charge in [0.15, 0.2) is 16.6 Å². The van der Waals surface area contributed by atoms with Crippen molar-refractivity contribution in [2.45, 2.75) is 11.0 Å². The smallest absolute Gasteiger partial charge is 0.271 e. The van der Waals surface area contributed by atoms with Gasteiger partial charge in [0.25, 0.3) is 5.91 Å². The van der Waals surface area contributed by atoms with Crippen LogP contribution in [0, 0.1) is 11.3 Å². The lowest BCUT2D eigenvalue weighted by molar-refractivity contribution is -0.123. The molecule has 4 aromatic rings. The van der Waals surface area contributed by atoms with E-state index in [9.17, 15) is 4.79 Å². The molecular weight excluding hydrogens is 510 g/mol. The summed E-state index contributed by atoms with van der Waals surface area (Å²) >= 11 is 2.99. The SMILES string of the molecule is COCCSc1ccc(C(Oc2ccc(C#N)cc2)C(=O)Nc2nc3cc(OC)c(OC)cc3s2)cc1. The van der Waals surface area contributed by atoms with Crippen molar-refractivity contribution in [3.63, 3.8) is 0 Å². The Morgan fingerprint density at radius 3 is 2.41 bits per heavy atom. The number of rotatable bonds is 11. The second kappa shape index (κ2) is 12.5. The zero-order chi connectivity index (χ0) is 26.2. The first-order chi connectivity index (χ1) is 18.0. The highest BCUT2D eigenvalue weighted by atomic mass is 32.2. The molecule has 1 heterocycles. The molecule has 1 aromatic heterocycles. The van der Waals surface area contributed by atoms with E-state index in [2.05, 4.69) is 16.4 Å². The number of benzene rings is 3. The minimum atomic E-state index is -0.943. The van der Waals surface area contributed by atoms with E-state index in [1.54, 1.807) is 63.4 Å². The molecule has 190 valence electrons. The molecule has 0 fully saturated rings. The number of nitrogens with one attached hydrogen (secondary N) is 1. The number of carbonyl (C=O) groups is 1. The first-order valence-electron chi connectivity index (χ1n) is 11.3. The molecule has 37 heavy (non-hydrogen) atoms. The van der Waals surface area contributed by atoms with Crippen LogP contribution < -0.4 is 19.5 Å². The van der Waals surface area contributed by atoms with Crippen LogP contribution in [0.1, 0.15) is 17.2 Å². The van der Waals surface area contributed by atoms with Crippen molar-refractivity contribution < 1.29 is 23.7 Å². The summed E-state index contributed by atoms with van der Waals surface area (Å²) in [6, 6.07) is 20.0. The van der Waals surface area contributed by atoms with Gasteiger partial charge >= 0.3 is 0 Å². The highest BCUT2D eigenvalue weighted by molar-refractivity contribution is 7.99. The second-order valence-electron chi connectivity index (χ2n) is 7.73.